The lowest BCUT2D eigenvalue weighted by Crippen LogP contribution is -2.27. The summed E-state index contributed by atoms with van der Waals surface area (Å²) in [5.41, 5.74) is 4.41. The Kier molecular flexibility index (Phi) is 6.59. The molecule has 0 N–H and O–H groups in total. The Bertz CT molecular complexity index is 1310. The van der Waals surface area contributed by atoms with Gasteiger partial charge < -0.3 is 14.2 Å². The van der Waals surface area contributed by atoms with Gasteiger partial charge in [-0.2, -0.15) is 4.98 Å². The Labute approximate surface area is 211 Å². The molecule has 4 aromatic rings. The van der Waals surface area contributed by atoms with Gasteiger partial charge in [0.1, 0.15) is 18.4 Å². The first kappa shape index (κ1) is 23.8. The van der Waals surface area contributed by atoms with Crippen LogP contribution in [-0.4, -0.2) is 20.9 Å². The van der Waals surface area contributed by atoms with Gasteiger partial charge in [-0.05, 0) is 52.8 Å². The molecule has 1 amide bonds. The number of hydrogen-bond acceptors (Lipinski definition) is 5. The zero-order chi connectivity index (χ0) is 25.1. The van der Waals surface area contributed by atoms with Gasteiger partial charge in [0.2, 0.25) is 17.6 Å². The summed E-state index contributed by atoms with van der Waals surface area (Å²) in [6.07, 6.45) is 1.16. The molecule has 184 valence electrons. The van der Waals surface area contributed by atoms with Crippen LogP contribution in [0.5, 0.6) is 5.75 Å². The third-order valence-corrected chi connectivity index (χ3v) is 6.59. The number of carbonyl (C=O) groups is 1. The van der Waals surface area contributed by atoms with Crippen molar-refractivity contribution >= 4 is 5.91 Å². The minimum absolute atomic E-state index is 0.0942. The maximum Gasteiger partial charge on any atom is 0.249 e. The van der Waals surface area contributed by atoms with Crippen molar-refractivity contribution in [2.24, 2.45) is 0 Å². The molecule has 5 rings (SSSR count). The molecule has 2 heterocycles. The van der Waals surface area contributed by atoms with Gasteiger partial charge in [0, 0.05) is 18.5 Å². The molecule has 1 unspecified atom stereocenters. The highest BCUT2D eigenvalue weighted by Gasteiger charge is 2.36. The highest BCUT2D eigenvalue weighted by Crippen LogP contribution is 2.34. The molecule has 6 nitrogen and oxygen atoms in total. The first-order valence-electron chi connectivity index (χ1n) is 12.4. The summed E-state index contributed by atoms with van der Waals surface area (Å²) in [6.45, 7) is 7.62. The van der Waals surface area contributed by atoms with Crippen molar-refractivity contribution in [3.05, 3.63) is 101 Å². The van der Waals surface area contributed by atoms with Crippen LogP contribution in [-0.2, 0) is 23.4 Å². The van der Waals surface area contributed by atoms with Gasteiger partial charge in [0.05, 0.1) is 0 Å². The lowest BCUT2D eigenvalue weighted by atomic mass is 9.87. The van der Waals surface area contributed by atoms with Crippen molar-refractivity contribution in [1.29, 1.82) is 0 Å². The van der Waals surface area contributed by atoms with Crippen molar-refractivity contribution in [3.8, 4) is 17.1 Å². The van der Waals surface area contributed by atoms with Crippen LogP contribution in [0, 0.1) is 0 Å². The number of likely N-dealkylation sites (tertiary alicyclic amines) is 1. The Morgan fingerprint density at radius 1 is 0.944 bits per heavy atom. The van der Waals surface area contributed by atoms with E-state index in [2.05, 4.69) is 55.2 Å². The molecular formula is C30H31N3O3. The van der Waals surface area contributed by atoms with Gasteiger partial charge in [-0.15, -0.1) is 0 Å². The largest absolute Gasteiger partial charge is 0.489 e. The highest BCUT2D eigenvalue weighted by molar-refractivity contribution is 5.78. The van der Waals surface area contributed by atoms with Gasteiger partial charge in [0.25, 0.3) is 0 Å². The zero-order valence-corrected chi connectivity index (χ0v) is 21.0. The fourth-order valence-electron chi connectivity index (χ4n) is 4.42. The average molecular weight is 482 g/mol. The molecule has 1 atom stereocenters. The Hall–Kier alpha value is -3.93. The SMILES string of the molecule is CC(C)(C)c1ccc(CN2C(=O)CCC2c2nc(-c3ccc(OCc4ccccc4)cc3)no2)cc1. The monoisotopic (exact) mass is 481 g/mol. The number of benzene rings is 3. The summed E-state index contributed by atoms with van der Waals surface area (Å²) in [6, 6.07) is 26.0. The van der Waals surface area contributed by atoms with Crippen LogP contribution in [0.25, 0.3) is 11.4 Å². The molecule has 0 bridgehead atoms. The summed E-state index contributed by atoms with van der Waals surface area (Å²) in [7, 11) is 0. The predicted molar refractivity (Wildman–Crippen MR) is 138 cm³/mol. The van der Waals surface area contributed by atoms with Crippen molar-refractivity contribution in [2.45, 2.75) is 58.2 Å². The fraction of sp³-hybridized carbons (Fsp3) is 0.300. The lowest BCUT2D eigenvalue weighted by Gasteiger charge is -2.23. The van der Waals surface area contributed by atoms with Crippen molar-refractivity contribution < 1.29 is 14.1 Å². The summed E-state index contributed by atoms with van der Waals surface area (Å²) >= 11 is 0. The first-order valence-corrected chi connectivity index (χ1v) is 12.4. The molecule has 1 aliphatic rings. The van der Waals surface area contributed by atoms with Crippen LogP contribution in [0.15, 0.2) is 83.4 Å². The van der Waals surface area contributed by atoms with Crippen LogP contribution < -0.4 is 4.74 Å². The molecule has 0 radical (unpaired) electrons. The molecule has 1 aliphatic heterocycles. The second kappa shape index (κ2) is 9.97. The van der Waals surface area contributed by atoms with Gasteiger partial charge in [-0.25, -0.2) is 0 Å². The van der Waals surface area contributed by atoms with E-state index in [-0.39, 0.29) is 17.4 Å². The zero-order valence-electron chi connectivity index (χ0n) is 21.0. The summed E-state index contributed by atoms with van der Waals surface area (Å²) in [5.74, 6) is 1.87. The van der Waals surface area contributed by atoms with Crippen LogP contribution in [0.2, 0.25) is 0 Å². The Morgan fingerprint density at radius 2 is 1.67 bits per heavy atom. The van der Waals surface area contributed by atoms with Crippen LogP contribution in [0.1, 0.15) is 62.2 Å². The minimum Gasteiger partial charge on any atom is -0.489 e. The van der Waals surface area contributed by atoms with Gasteiger partial charge in [-0.3, -0.25) is 4.79 Å². The number of ether oxygens (including phenoxy) is 1. The second-order valence-corrected chi connectivity index (χ2v) is 10.3. The molecule has 1 fully saturated rings. The number of amides is 1. The standard InChI is InChI=1S/C30H31N3O3/c1-30(2,3)24-13-9-21(10-14-24)19-33-26(17-18-27(33)34)29-31-28(32-36-29)23-11-15-25(16-12-23)35-20-22-7-5-4-6-8-22/h4-16,26H,17-20H2,1-3H3. The molecule has 0 aliphatic carbocycles. The highest BCUT2D eigenvalue weighted by atomic mass is 16.5. The van der Waals surface area contributed by atoms with E-state index in [0.29, 0.717) is 37.7 Å². The molecule has 6 heteroatoms. The van der Waals surface area contributed by atoms with Crippen molar-refractivity contribution in [2.75, 3.05) is 0 Å². The van der Waals surface area contributed by atoms with E-state index in [0.717, 1.165) is 22.4 Å². The lowest BCUT2D eigenvalue weighted by molar-refractivity contribution is -0.130. The summed E-state index contributed by atoms with van der Waals surface area (Å²) < 4.78 is 11.5. The number of hydrogen-bond donors (Lipinski definition) is 0. The number of carbonyl (C=O) groups excluding carboxylic acids is 1. The van der Waals surface area contributed by atoms with E-state index in [1.807, 2.05) is 59.5 Å². The smallest absolute Gasteiger partial charge is 0.249 e. The third kappa shape index (κ3) is 5.33. The maximum atomic E-state index is 12.7. The minimum atomic E-state index is -0.213. The van der Waals surface area contributed by atoms with E-state index >= 15 is 0 Å². The molecule has 36 heavy (non-hydrogen) atoms. The fourth-order valence-corrected chi connectivity index (χ4v) is 4.42. The van der Waals surface area contributed by atoms with Crippen LogP contribution in [0.3, 0.4) is 0 Å². The van der Waals surface area contributed by atoms with Gasteiger partial charge in [-0.1, -0.05) is 80.5 Å². The Balaban J connectivity index is 1.26. The second-order valence-electron chi connectivity index (χ2n) is 10.3. The van der Waals surface area contributed by atoms with E-state index in [1.54, 1.807) is 0 Å². The molecule has 1 saturated heterocycles. The van der Waals surface area contributed by atoms with E-state index in [4.69, 9.17) is 9.26 Å². The maximum absolute atomic E-state index is 12.7. The van der Waals surface area contributed by atoms with E-state index in [1.165, 1.54) is 5.56 Å². The van der Waals surface area contributed by atoms with Crippen molar-refractivity contribution in [3.63, 3.8) is 0 Å². The van der Waals surface area contributed by atoms with E-state index < -0.39 is 0 Å². The molecule has 3 aromatic carbocycles. The van der Waals surface area contributed by atoms with Gasteiger partial charge >= 0.3 is 0 Å². The third-order valence-electron chi connectivity index (χ3n) is 6.59. The first-order chi connectivity index (χ1) is 17.4. The molecule has 0 saturated carbocycles. The average Bonchev–Trinajstić information content (AvgIpc) is 3.51. The topological polar surface area (TPSA) is 68.5 Å². The summed E-state index contributed by atoms with van der Waals surface area (Å²) in [4.78, 5) is 19.2. The molecular weight excluding hydrogens is 450 g/mol. The molecule has 1 aromatic heterocycles. The quantitative estimate of drug-likeness (QED) is 0.302. The van der Waals surface area contributed by atoms with E-state index in [9.17, 15) is 4.79 Å². The number of rotatable bonds is 7. The number of aromatic nitrogens is 2. The van der Waals surface area contributed by atoms with Gasteiger partial charge in [0.15, 0.2) is 0 Å². The summed E-state index contributed by atoms with van der Waals surface area (Å²) in [5, 5.41) is 4.19. The number of nitrogens with zero attached hydrogens (tertiary/aromatic N) is 3. The predicted octanol–water partition coefficient (Wildman–Crippen LogP) is 6.48. The normalized spacial score (nSPS) is 15.9. The van der Waals surface area contributed by atoms with Crippen molar-refractivity contribution in [1.82, 2.24) is 15.0 Å². The Morgan fingerprint density at radius 3 is 2.36 bits per heavy atom. The van der Waals surface area contributed by atoms with Crippen LogP contribution in [0.4, 0.5) is 0 Å². The van der Waals surface area contributed by atoms with Crippen LogP contribution >= 0.6 is 0 Å². The molecule has 0 spiro atoms.